The minimum Gasteiger partial charge on any atom is -0.353 e. The zero-order chi connectivity index (χ0) is 19.5. The van der Waals surface area contributed by atoms with Gasteiger partial charge in [-0.15, -0.1) is 0 Å². The minimum absolute atomic E-state index is 0.00174. The lowest BCUT2D eigenvalue weighted by atomic mass is 10.1. The van der Waals surface area contributed by atoms with Crippen LogP contribution in [0.3, 0.4) is 0 Å². The number of carbonyl (C=O) groups excluding carboxylic acids is 1. The van der Waals surface area contributed by atoms with Crippen molar-refractivity contribution < 1.29 is 4.79 Å². The molecule has 3 heterocycles. The number of benzene rings is 1. The largest absolute Gasteiger partial charge is 0.353 e. The molecule has 2 saturated heterocycles. The molecule has 1 aromatic heterocycles. The monoisotopic (exact) mass is 399 g/mol. The van der Waals surface area contributed by atoms with E-state index in [1.807, 2.05) is 30.0 Å². The number of piperidine rings is 1. The summed E-state index contributed by atoms with van der Waals surface area (Å²) < 4.78 is 0. The Balaban J connectivity index is 1.44. The molecular weight excluding hydrogens is 374 g/mol. The summed E-state index contributed by atoms with van der Waals surface area (Å²) in [6.45, 7) is 6.91. The number of aromatic nitrogens is 2. The fourth-order valence-corrected chi connectivity index (χ4v) is 4.09. The first-order valence-corrected chi connectivity index (χ1v) is 10.4. The van der Waals surface area contributed by atoms with E-state index in [1.165, 1.54) is 19.3 Å². The molecule has 0 bridgehead atoms. The predicted molar refractivity (Wildman–Crippen MR) is 112 cm³/mol. The molecule has 4 rings (SSSR count). The lowest BCUT2D eigenvalue weighted by molar-refractivity contribution is 0.0746. The normalized spacial score (nSPS) is 17.7. The number of hydrogen-bond acceptors (Lipinski definition) is 5. The second-order valence-corrected chi connectivity index (χ2v) is 7.88. The molecule has 6 nitrogen and oxygen atoms in total. The maximum atomic E-state index is 12.8. The molecule has 1 aromatic carbocycles. The number of carbonyl (C=O) groups is 1. The van der Waals surface area contributed by atoms with Crippen LogP contribution in [0.5, 0.6) is 0 Å². The SMILES string of the molecule is Cc1cc(N2CCN(C(=O)c3ccccc3Cl)CC2)nc(N2CCCCC2)n1. The van der Waals surface area contributed by atoms with Crippen LogP contribution in [-0.4, -0.2) is 60.0 Å². The Labute approximate surface area is 171 Å². The summed E-state index contributed by atoms with van der Waals surface area (Å²) in [5.74, 6) is 1.79. The quantitative estimate of drug-likeness (QED) is 0.791. The van der Waals surface area contributed by atoms with Crippen LogP contribution in [0.1, 0.15) is 35.3 Å². The summed E-state index contributed by atoms with van der Waals surface area (Å²) in [5, 5.41) is 0.507. The summed E-state index contributed by atoms with van der Waals surface area (Å²) in [6, 6.07) is 9.28. The first-order chi connectivity index (χ1) is 13.6. The van der Waals surface area contributed by atoms with Crippen LogP contribution in [0.15, 0.2) is 30.3 Å². The second kappa shape index (κ2) is 8.35. The molecule has 0 aliphatic carbocycles. The van der Waals surface area contributed by atoms with Crippen molar-refractivity contribution in [1.82, 2.24) is 14.9 Å². The van der Waals surface area contributed by atoms with Gasteiger partial charge in [-0.2, -0.15) is 4.98 Å². The maximum absolute atomic E-state index is 12.8. The lowest BCUT2D eigenvalue weighted by Crippen LogP contribution is -2.49. The van der Waals surface area contributed by atoms with E-state index in [2.05, 4.69) is 14.8 Å². The third-order valence-corrected chi connectivity index (χ3v) is 5.79. The third kappa shape index (κ3) is 4.07. The molecule has 28 heavy (non-hydrogen) atoms. The van der Waals surface area contributed by atoms with Gasteiger partial charge >= 0.3 is 0 Å². The van der Waals surface area contributed by atoms with E-state index in [1.54, 1.807) is 12.1 Å². The van der Waals surface area contributed by atoms with E-state index < -0.39 is 0 Å². The fraction of sp³-hybridized carbons (Fsp3) is 0.476. The number of aryl methyl sites for hydroxylation is 1. The van der Waals surface area contributed by atoms with Crippen molar-refractivity contribution in [2.45, 2.75) is 26.2 Å². The van der Waals surface area contributed by atoms with E-state index >= 15 is 0 Å². The number of hydrogen-bond donors (Lipinski definition) is 0. The van der Waals surface area contributed by atoms with Gasteiger partial charge in [0, 0.05) is 51.0 Å². The Morgan fingerprint density at radius 3 is 2.36 bits per heavy atom. The minimum atomic E-state index is -0.00174. The highest BCUT2D eigenvalue weighted by molar-refractivity contribution is 6.33. The highest BCUT2D eigenvalue weighted by Crippen LogP contribution is 2.23. The van der Waals surface area contributed by atoms with Crippen molar-refractivity contribution >= 4 is 29.3 Å². The Hall–Kier alpha value is -2.34. The van der Waals surface area contributed by atoms with E-state index in [9.17, 15) is 4.79 Å². The molecule has 1 amide bonds. The van der Waals surface area contributed by atoms with E-state index in [4.69, 9.17) is 16.6 Å². The molecule has 0 radical (unpaired) electrons. The average molecular weight is 400 g/mol. The number of anilines is 2. The first kappa shape index (κ1) is 19.0. The molecule has 0 N–H and O–H groups in total. The average Bonchev–Trinajstić information content (AvgIpc) is 2.74. The Morgan fingerprint density at radius 1 is 0.929 bits per heavy atom. The Morgan fingerprint density at radius 2 is 1.64 bits per heavy atom. The van der Waals surface area contributed by atoms with Gasteiger partial charge in [-0.1, -0.05) is 23.7 Å². The third-order valence-electron chi connectivity index (χ3n) is 5.46. The number of halogens is 1. The van der Waals surface area contributed by atoms with Gasteiger partial charge in [-0.05, 0) is 38.3 Å². The van der Waals surface area contributed by atoms with Gasteiger partial charge < -0.3 is 14.7 Å². The van der Waals surface area contributed by atoms with Gasteiger partial charge in [0.1, 0.15) is 5.82 Å². The van der Waals surface area contributed by atoms with Crippen LogP contribution in [0.2, 0.25) is 5.02 Å². The molecule has 0 spiro atoms. The first-order valence-electron chi connectivity index (χ1n) is 10.0. The van der Waals surface area contributed by atoms with Crippen molar-refractivity contribution in [3.05, 3.63) is 46.6 Å². The van der Waals surface area contributed by atoms with Crippen LogP contribution in [0.4, 0.5) is 11.8 Å². The number of rotatable bonds is 3. The molecule has 0 atom stereocenters. The molecule has 2 aliphatic rings. The number of nitrogens with zero attached hydrogens (tertiary/aromatic N) is 5. The molecule has 2 aromatic rings. The fourth-order valence-electron chi connectivity index (χ4n) is 3.88. The summed E-state index contributed by atoms with van der Waals surface area (Å²) in [7, 11) is 0. The van der Waals surface area contributed by atoms with Crippen molar-refractivity contribution in [2.75, 3.05) is 49.1 Å². The van der Waals surface area contributed by atoms with Gasteiger partial charge in [0.05, 0.1) is 10.6 Å². The van der Waals surface area contributed by atoms with Crippen LogP contribution >= 0.6 is 11.6 Å². The summed E-state index contributed by atoms with van der Waals surface area (Å²) >= 11 is 6.19. The molecule has 0 saturated carbocycles. The molecule has 148 valence electrons. The molecular formula is C21H26ClN5O. The van der Waals surface area contributed by atoms with Crippen LogP contribution in [-0.2, 0) is 0 Å². The Kier molecular flexibility index (Phi) is 5.67. The number of piperazine rings is 1. The molecule has 2 fully saturated rings. The summed E-state index contributed by atoms with van der Waals surface area (Å²) in [5.41, 5.74) is 1.56. The Bertz CT molecular complexity index is 844. The van der Waals surface area contributed by atoms with Crippen LogP contribution in [0, 0.1) is 6.92 Å². The molecule has 7 heteroatoms. The number of amides is 1. The zero-order valence-corrected chi connectivity index (χ0v) is 17.0. The highest BCUT2D eigenvalue weighted by Gasteiger charge is 2.25. The predicted octanol–water partition coefficient (Wildman–Crippen LogP) is 3.39. The van der Waals surface area contributed by atoms with Gasteiger partial charge in [0.2, 0.25) is 5.95 Å². The maximum Gasteiger partial charge on any atom is 0.255 e. The van der Waals surface area contributed by atoms with E-state index in [0.29, 0.717) is 23.7 Å². The summed E-state index contributed by atoms with van der Waals surface area (Å²) in [6.07, 6.45) is 3.70. The zero-order valence-electron chi connectivity index (χ0n) is 16.3. The van der Waals surface area contributed by atoms with E-state index in [-0.39, 0.29) is 5.91 Å². The lowest BCUT2D eigenvalue weighted by Gasteiger charge is -2.36. The highest BCUT2D eigenvalue weighted by atomic mass is 35.5. The second-order valence-electron chi connectivity index (χ2n) is 7.47. The van der Waals surface area contributed by atoms with Crippen LogP contribution < -0.4 is 9.80 Å². The smallest absolute Gasteiger partial charge is 0.255 e. The molecule has 2 aliphatic heterocycles. The van der Waals surface area contributed by atoms with Gasteiger partial charge in [-0.3, -0.25) is 4.79 Å². The van der Waals surface area contributed by atoms with Gasteiger partial charge in [0.15, 0.2) is 0 Å². The standard InChI is InChI=1S/C21H26ClN5O/c1-16-15-19(24-21(23-16)27-9-5-2-6-10-27)25-11-13-26(14-12-25)20(28)17-7-3-4-8-18(17)22/h3-4,7-8,15H,2,5-6,9-14H2,1H3. The van der Waals surface area contributed by atoms with Crippen molar-refractivity contribution in [1.29, 1.82) is 0 Å². The van der Waals surface area contributed by atoms with Gasteiger partial charge in [0.25, 0.3) is 5.91 Å². The van der Waals surface area contributed by atoms with Crippen molar-refractivity contribution in [2.24, 2.45) is 0 Å². The van der Waals surface area contributed by atoms with Crippen LogP contribution in [0.25, 0.3) is 0 Å². The summed E-state index contributed by atoms with van der Waals surface area (Å²) in [4.78, 5) is 28.7. The topological polar surface area (TPSA) is 52.6 Å². The van der Waals surface area contributed by atoms with E-state index in [0.717, 1.165) is 43.6 Å². The van der Waals surface area contributed by atoms with Crippen molar-refractivity contribution in [3.63, 3.8) is 0 Å². The molecule has 0 unspecified atom stereocenters. The van der Waals surface area contributed by atoms with Crippen molar-refractivity contribution in [3.8, 4) is 0 Å². The van der Waals surface area contributed by atoms with Gasteiger partial charge in [-0.25, -0.2) is 4.98 Å².